The normalized spacial score (nSPS) is 13.6. The first-order chi connectivity index (χ1) is 28.0. The summed E-state index contributed by atoms with van der Waals surface area (Å²) in [6, 6.07) is 61.0. The molecule has 3 nitrogen and oxygen atoms in total. The Bertz CT molecular complexity index is 3620. The maximum atomic E-state index is 2.45. The van der Waals surface area contributed by atoms with Gasteiger partial charge in [0, 0.05) is 71.6 Å². The molecule has 13 rings (SSSR count). The van der Waals surface area contributed by atoms with Crippen molar-refractivity contribution in [3.63, 3.8) is 0 Å². The van der Waals surface area contributed by atoms with Gasteiger partial charge in [0.15, 0.2) is 0 Å². The molecule has 0 atom stereocenters. The second-order valence-corrected chi connectivity index (χ2v) is 17.2. The summed E-state index contributed by atoms with van der Waals surface area (Å²) >= 11 is 1.89. The molecule has 0 bridgehead atoms. The van der Waals surface area contributed by atoms with E-state index in [0.717, 1.165) is 5.69 Å². The van der Waals surface area contributed by atoms with Gasteiger partial charge in [-0.3, -0.25) is 0 Å². The van der Waals surface area contributed by atoms with Gasteiger partial charge in [-0.15, -0.1) is 11.3 Å². The smallest absolute Gasteiger partial charge is 0.0634 e. The maximum absolute atomic E-state index is 2.45. The molecule has 8 aromatic carbocycles. The van der Waals surface area contributed by atoms with E-state index in [9.17, 15) is 0 Å². The van der Waals surface area contributed by atoms with E-state index in [4.69, 9.17) is 0 Å². The second-order valence-electron chi connectivity index (χ2n) is 16.1. The topological polar surface area (TPSA) is 14.8 Å². The van der Waals surface area contributed by atoms with Gasteiger partial charge in [0.2, 0.25) is 0 Å². The molecule has 0 N–H and O–H groups in total. The number of thiophene rings is 1. The van der Waals surface area contributed by atoms with Crippen molar-refractivity contribution in [2.45, 2.75) is 19.3 Å². The Balaban J connectivity index is 1.13. The van der Waals surface area contributed by atoms with Crippen molar-refractivity contribution in [2.75, 3.05) is 0 Å². The van der Waals surface area contributed by atoms with Crippen LogP contribution in [0, 0.1) is 0 Å². The highest BCUT2D eigenvalue weighted by Gasteiger charge is 2.35. The molecule has 0 saturated carbocycles. The molecule has 0 spiro atoms. The number of fused-ring (bicyclic) bond motifs is 15. The van der Waals surface area contributed by atoms with Crippen molar-refractivity contribution in [2.24, 2.45) is 0 Å². The predicted molar refractivity (Wildman–Crippen MR) is 242 cm³/mol. The van der Waals surface area contributed by atoms with Crippen LogP contribution in [0.4, 0.5) is 0 Å². The quantitative estimate of drug-likeness (QED) is 0.171. The number of benzene rings is 8. The zero-order valence-electron chi connectivity index (χ0n) is 31.5. The monoisotopic (exact) mass is 745 g/mol. The average Bonchev–Trinajstić information content (AvgIpc) is 4.08. The van der Waals surface area contributed by atoms with E-state index in [1.54, 1.807) is 0 Å². The van der Waals surface area contributed by atoms with Gasteiger partial charge in [0.1, 0.15) is 0 Å². The van der Waals surface area contributed by atoms with E-state index in [-0.39, 0.29) is 5.41 Å². The van der Waals surface area contributed by atoms with Crippen LogP contribution in [0.3, 0.4) is 0 Å². The Hall–Kier alpha value is -6.88. The van der Waals surface area contributed by atoms with Crippen LogP contribution >= 0.6 is 11.3 Å². The van der Waals surface area contributed by atoms with Crippen LogP contribution in [0.25, 0.3) is 103 Å². The van der Waals surface area contributed by atoms with E-state index in [2.05, 4.69) is 204 Å². The summed E-state index contributed by atoms with van der Waals surface area (Å²) in [6.45, 7) is 4.73. The Morgan fingerprint density at radius 2 is 1.05 bits per heavy atom. The van der Waals surface area contributed by atoms with Crippen molar-refractivity contribution in [3.05, 3.63) is 187 Å². The minimum absolute atomic E-state index is 0.0869. The molecule has 1 aliphatic carbocycles. The number of rotatable bonds is 3. The molecule has 1 aliphatic rings. The van der Waals surface area contributed by atoms with Crippen molar-refractivity contribution < 1.29 is 0 Å². The molecular weight excluding hydrogens is 711 g/mol. The summed E-state index contributed by atoms with van der Waals surface area (Å²) < 4.78 is 9.95. The molecule has 12 aromatic rings. The lowest BCUT2D eigenvalue weighted by molar-refractivity contribution is 0.660. The van der Waals surface area contributed by atoms with Crippen LogP contribution in [0.15, 0.2) is 176 Å². The van der Waals surface area contributed by atoms with Crippen LogP contribution in [0.1, 0.15) is 25.0 Å². The lowest BCUT2D eigenvalue weighted by Crippen LogP contribution is -2.15. The van der Waals surface area contributed by atoms with Crippen LogP contribution < -0.4 is 0 Å². The Kier molecular flexibility index (Phi) is 6.12. The van der Waals surface area contributed by atoms with E-state index in [0.29, 0.717) is 0 Å². The summed E-state index contributed by atoms with van der Waals surface area (Å²) in [4.78, 5) is 0. The molecule has 4 heteroatoms. The van der Waals surface area contributed by atoms with E-state index < -0.39 is 0 Å². The Labute approximate surface area is 332 Å². The number of aromatic nitrogens is 3. The van der Waals surface area contributed by atoms with E-state index in [1.165, 1.54) is 108 Å². The molecule has 4 aromatic heterocycles. The van der Waals surface area contributed by atoms with Gasteiger partial charge in [-0.25, -0.2) is 0 Å². The summed E-state index contributed by atoms with van der Waals surface area (Å²) in [5, 5.41) is 10.1. The van der Waals surface area contributed by atoms with Crippen LogP contribution in [0.5, 0.6) is 0 Å². The molecule has 57 heavy (non-hydrogen) atoms. The van der Waals surface area contributed by atoms with E-state index in [1.807, 2.05) is 11.3 Å². The fraction of sp³-hybridized carbons (Fsp3) is 0.0566. The average molecular weight is 746 g/mol. The second kappa shape index (κ2) is 11.1. The number of hydrogen-bond donors (Lipinski definition) is 0. The van der Waals surface area contributed by atoms with Crippen LogP contribution in [-0.2, 0) is 5.41 Å². The van der Waals surface area contributed by atoms with Gasteiger partial charge < -0.3 is 13.7 Å². The molecule has 4 heterocycles. The number of para-hydroxylation sites is 2. The third kappa shape index (κ3) is 4.10. The van der Waals surface area contributed by atoms with Crippen molar-refractivity contribution in [3.8, 4) is 28.2 Å². The Morgan fingerprint density at radius 3 is 1.89 bits per heavy atom. The van der Waals surface area contributed by atoms with Crippen molar-refractivity contribution in [1.29, 1.82) is 0 Å². The molecular formula is C53H35N3S. The zero-order valence-corrected chi connectivity index (χ0v) is 32.3. The van der Waals surface area contributed by atoms with Gasteiger partial charge in [-0.1, -0.05) is 117 Å². The SMILES string of the molecule is CC1(C)c2ccccc2-c2ccc(-n3ccc4c5cc(-n6c7ccccc7c7ccccc76)ccc5c5c(ccn5-c5cccc6c5sc5ccccc56)c43)cc21. The highest BCUT2D eigenvalue weighted by atomic mass is 32.1. The highest BCUT2D eigenvalue weighted by molar-refractivity contribution is 7.26. The molecule has 0 fully saturated rings. The predicted octanol–water partition coefficient (Wildman–Crippen LogP) is 14.5. The first-order valence-electron chi connectivity index (χ1n) is 19.8. The Morgan fingerprint density at radius 1 is 0.421 bits per heavy atom. The van der Waals surface area contributed by atoms with Gasteiger partial charge in [0.25, 0.3) is 0 Å². The fourth-order valence-corrected chi connectivity index (χ4v) is 11.5. The van der Waals surface area contributed by atoms with Crippen LogP contribution in [-0.4, -0.2) is 13.7 Å². The fourth-order valence-electron chi connectivity index (χ4n) is 10.3. The lowest BCUT2D eigenvalue weighted by Gasteiger charge is -2.22. The zero-order chi connectivity index (χ0) is 37.6. The lowest BCUT2D eigenvalue weighted by atomic mass is 9.82. The molecule has 0 amide bonds. The summed E-state index contributed by atoms with van der Waals surface area (Å²) in [6.07, 6.45) is 4.58. The number of hydrogen-bond acceptors (Lipinski definition) is 1. The third-order valence-corrected chi connectivity index (χ3v) is 14.1. The van der Waals surface area contributed by atoms with Crippen molar-refractivity contribution in [1.82, 2.24) is 13.7 Å². The van der Waals surface area contributed by atoms with Gasteiger partial charge in [0.05, 0.1) is 32.5 Å². The maximum Gasteiger partial charge on any atom is 0.0634 e. The first-order valence-corrected chi connectivity index (χ1v) is 20.6. The molecule has 0 aliphatic heterocycles. The van der Waals surface area contributed by atoms with Gasteiger partial charge in [-0.05, 0) is 88.3 Å². The molecule has 0 unspecified atom stereocenters. The molecule has 0 saturated heterocycles. The largest absolute Gasteiger partial charge is 0.316 e. The minimum atomic E-state index is -0.0869. The molecule has 0 radical (unpaired) electrons. The summed E-state index contributed by atoms with van der Waals surface area (Å²) in [7, 11) is 0. The summed E-state index contributed by atoms with van der Waals surface area (Å²) in [5.74, 6) is 0. The molecule has 268 valence electrons. The number of nitrogens with zero attached hydrogens (tertiary/aromatic N) is 3. The third-order valence-electron chi connectivity index (χ3n) is 12.9. The first kappa shape index (κ1) is 31.3. The summed E-state index contributed by atoms with van der Waals surface area (Å²) in [5.41, 5.74) is 13.8. The van der Waals surface area contributed by atoms with Crippen molar-refractivity contribution >= 4 is 85.9 Å². The van der Waals surface area contributed by atoms with E-state index >= 15 is 0 Å². The van der Waals surface area contributed by atoms with Crippen LogP contribution in [0.2, 0.25) is 0 Å². The standard InChI is InChI=1S/C53H35N3S/c1-53(2)44-17-7-3-12-34(44)35-24-22-32(31-45(35)53)54-28-26-40-43-30-33(56-46-18-8-4-13-36(46)37-14-5-9-19-47(37)56)23-25-39(43)51-42(50(40)54)27-29-55(51)48-20-11-16-41-38-15-6-10-21-49(38)57-52(41)48/h3-31H,1-2H3. The minimum Gasteiger partial charge on any atom is -0.316 e. The van der Waals surface area contributed by atoms with Gasteiger partial charge in [-0.2, -0.15) is 0 Å². The van der Waals surface area contributed by atoms with Gasteiger partial charge >= 0.3 is 0 Å². The highest BCUT2D eigenvalue weighted by Crippen LogP contribution is 2.50.